The summed E-state index contributed by atoms with van der Waals surface area (Å²) < 4.78 is 6.51. The molecule has 0 radical (unpaired) electrons. The van der Waals surface area contributed by atoms with E-state index in [2.05, 4.69) is 20.8 Å². The normalized spacial score (nSPS) is 15.0. The maximum Gasteiger partial charge on any atom is 0.409 e. The minimum absolute atomic E-state index is 0.0531. The minimum Gasteiger partial charge on any atom is -0.450 e. The lowest BCUT2D eigenvalue weighted by atomic mass is 10.0. The van der Waals surface area contributed by atoms with Crippen molar-refractivity contribution >= 4 is 12.0 Å². The summed E-state index contributed by atoms with van der Waals surface area (Å²) in [7, 11) is 0. The summed E-state index contributed by atoms with van der Waals surface area (Å²) >= 11 is 0. The molecule has 1 aromatic heterocycles. The molecule has 9 heteroatoms. The van der Waals surface area contributed by atoms with E-state index in [1.165, 1.54) is 11.0 Å². The summed E-state index contributed by atoms with van der Waals surface area (Å²) in [5.41, 5.74) is 1.36. The van der Waals surface area contributed by atoms with E-state index in [0.717, 1.165) is 5.69 Å². The van der Waals surface area contributed by atoms with Crippen molar-refractivity contribution in [3.05, 3.63) is 36.2 Å². The number of ether oxygens (including phenoxy) is 1. The van der Waals surface area contributed by atoms with Gasteiger partial charge in [-0.2, -0.15) is 0 Å². The molecule has 1 aliphatic heterocycles. The lowest BCUT2D eigenvalue weighted by Gasteiger charge is -2.31. The summed E-state index contributed by atoms with van der Waals surface area (Å²) in [4.78, 5) is 25.7. The first-order valence-corrected chi connectivity index (χ1v) is 8.23. The zero-order valence-corrected chi connectivity index (χ0v) is 14.0. The Kier molecular flexibility index (Phi) is 5.22. The highest BCUT2D eigenvalue weighted by Gasteiger charge is 2.24. The molecule has 1 aliphatic rings. The molecule has 2 heterocycles. The first kappa shape index (κ1) is 16.9. The lowest BCUT2D eigenvalue weighted by molar-refractivity contribution is 0.0860. The first-order valence-electron chi connectivity index (χ1n) is 8.23. The van der Waals surface area contributed by atoms with Crippen LogP contribution in [0.1, 0.15) is 30.1 Å². The topological polar surface area (TPSA) is 102 Å². The maximum atomic E-state index is 12.4. The second kappa shape index (κ2) is 7.73. The van der Waals surface area contributed by atoms with E-state index in [0.29, 0.717) is 38.1 Å². The van der Waals surface area contributed by atoms with Crippen molar-refractivity contribution in [3.63, 3.8) is 0 Å². The Morgan fingerprint density at radius 1 is 1.24 bits per heavy atom. The van der Waals surface area contributed by atoms with E-state index >= 15 is 0 Å². The van der Waals surface area contributed by atoms with Crippen LogP contribution in [0.4, 0.5) is 4.79 Å². The third kappa shape index (κ3) is 4.11. The molecule has 0 bridgehead atoms. The predicted octanol–water partition coefficient (Wildman–Crippen LogP) is 1.01. The van der Waals surface area contributed by atoms with Crippen LogP contribution in [0.2, 0.25) is 0 Å². The van der Waals surface area contributed by atoms with Crippen LogP contribution < -0.4 is 5.32 Å². The molecular weight excluding hydrogens is 324 g/mol. The van der Waals surface area contributed by atoms with Crippen molar-refractivity contribution in [3.8, 4) is 5.69 Å². The van der Waals surface area contributed by atoms with Crippen molar-refractivity contribution in [1.82, 2.24) is 30.4 Å². The van der Waals surface area contributed by atoms with Crippen molar-refractivity contribution in [2.45, 2.75) is 25.8 Å². The van der Waals surface area contributed by atoms with Gasteiger partial charge in [-0.1, -0.05) is 0 Å². The van der Waals surface area contributed by atoms with Gasteiger partial charge in [-0.3, -0.25) is 4.79 Å². The van der Waals surface area contributed by atoms with Crippen LogP contribution in [0, 0.1) is 0 Å². The smallest absolute Gasteiger partial charge is 0.409 e. The number of piperidine rings is 1. The Labute approximate surface area is 144 Å². The molecule has 0 aliphatic carbocycles. The third-order valence-electron chi connectivity index (χ3n) is 4.10. The second-order valence-electron chi connectivity index (χ2n) is 5.73. The van der Waals surface area contributed by atoms with Crippen LogP contribution in [-0.4, -0.2) is 62.8 Å². The molecule has 9 nitrogen and oxygen atoms in total. The molecule has 1 aromatic carbocycles. The number of hydrogen-bond donors (Lipinski definition) is 1. The highest BCUT2D eigenvalue weighted by molar-refractivity contribution is 5.94. The van der Waals surface area contributed by atoms with E-state index in [1.807, 2.05) is 0 Å². The van der Waals surface area contributed by atoms with E-state index in [1.54, 1.807) is 36.1 Å². The first-order chi connectivity index (χ1) is 12.2. The van der Waals surface area contributed by atoms with Gasteiger partial charge in [0, 0.05) is 24.7 Å². The zero-order chi connectivity index (χ0) is 17.6. The number of carbonyl (C=O) groups excluding carboxylic acids is 2. The van der Waals surface area contributed by atoms with Crippen LogP contribution in [0.5, 0.6) is 0 Å². The summed E-state index contributed by atoms with van der Waals surface area (Å²) in [5, 5.41) is 14.0. The van der Waals surface area contributed by atoms with Crippen molar-refractivity contribution in [1.29, 1.82) is 0 Å². The molecule has 0 spiro atoms. The van der Waals surface area contributed by atoms with E-state index in [9.17, 15) is 9.59 Å². The quantitative estimate of drug-likeness (QED) is 0.888. The Bertz CT molecular complexity index is 708. The number of nitrogens with zero attached hydrogens (tertiary/aromatic N) is 5. The van der Waals surface area contributed by atoms with Crippen molar-refractivity contribution in [2.75, 3.05) is 19.7 Å². The van der Waals surface area contributed by atoms with E-state index in [4.69, 9.17) is 4.74 Å². The molecule has 1 N–H and O–H groups in total. The molecule has 2 aromatic rings. The lowest BCUT2D eigenvalue weighted by Crippen LogP contribution is -2.46. The monoisotopic (exact) mass is 344 g/mol. The van der Waals surface area contributed by atoms with Gasteiger partial charge in [0.2, 0.25) is 0 Å². The van der Waals surface area contributed by atoms with Gasteiger partial charge in [0.15, 0.2) is 0 Å². The van der Waals surface area contributed by atoms with Gasteiger partial charge >= 0.3 is 6.09 Å². The average Bonchev–Trinajstić information content (AvgIpc) is 3.17. The summed E-state index contributed by atoms with van der Waals surface area (Å²) in [5.74, 6) is -0.127. The molecule has 25 heavy (non-hydrogen) atoms. The summed E-state index contributed by atoms with van der Waals surface area (Å²) in [6.07, 6.45) is 2.64. The minimum atomic E-state index is -0.287. The average molecular weight is 344 g/mol. The number of hydrogen-bond acceptors (Lipinski definition) is 6. The molecule has 0 atom stereocenters. The number of carbonyl (C=O) groups is 2. The van der Waals surface area contributed by atoms with Crippen molar-refractivity contribution in [2.24, 2.45) is 0 Å². The number of benzene rings is 1. The van der Waals surface area contributed by atoms with Crippen LogP contribution >= 0.6 is 0 Å². The number of rotatable bonds is 4. The fourth-order valence-electron chi connectivity index (χ4n) is 2.74. The molecular formula is C16H20N6O3. The van der Waals surface area contributed by atoms with Crippen LogP contribution in [0.3, 0.4) is 0 Å². The Morgan fingerprint density at radius 2 is 1.96 bits per heavy atom. The fraction of sp³-hybridized carbons (Fsp3) is 0.438. The maximum absolute atomic E-state index is 12.4. The van der Waals surface area contributed by atoms with Crippen LogP contribution in [0.15, 0.2) is 30.6 Å². The zero-order valence-electron chi connectivity index (χ0n) is 14.0. The number of tetrazole rings is 1. The summed E-state index contributed by atoms with van der Waals surface area (Å²) in [6, 6.07) is 7.10. The van der Waals surface area contributed by atoms with Gasteiger partial charge in [0.25, 0.3) is 5.91 Å². The van der Waals surface area contributed by atoms with Crippen molar-refractivity contribution < 1.29 is 14.3 Å². The molecule has 1 fully saturated rings. The highest BCUT2D eigenvalue weighted by atomic mass is 16.6. The molecule has 3 rings (SSSR count). The number of amides is 2. The predicted molar refractivity (Wildman–Crippen MR) is 88.2 cm³/mol. The Hall–Kier alpha value is -2.97. The molecule has 0 saturated carbocycles. The molecule has 0 unspecified atom stereocenters. The Balaban J connectivity index is 1.52. The standard InChI is InChI=1S/C16H20N6O3/c1-2-25-16(24)21-9-7-13(8-10-21)18-15(23)12-3-5-14(6-4-12)22-11-17-19-20-22/h3-6,11,13H,2,7-10H2,1H3,(H,18,23). The second-order valence-corrected chi connectivity index (χ2v) is 5.73. The Morgan fingerprint density at radius 3 is 2.56 bits per heavy atom. The SMILES string of the molecule is CCOC(=O)N1CCC(NC(=O)c2ccc(-n3cnnn3)cc2)CC1. The van der Waals surface area contributed by atoms with E-state index in [-0.39, 0.29) is 18.0 Å². The molecule has 132 valence electrons. The number of nitrogens with one attached hydrogen (secondary N) is 1. The molecule has 1 saturated heterocycles. The van der Waals surface area contributed by atoms with Gasteiger partial charge in [0.1, 0.15) is 6.33 Å². The van der Waals surface area contributed by atoms with Gasteiger partial charge in [-0.15, -0.1) is 5.10 Å². The van der Waals surface area contributed by atoms with E-state index < -0.39 is 0 Å². The van der Waals surface area contributed by atoms with Gasteiger partial charge in [-0.25, -0.2) is 9.48 Å². The number of likely N-dealkylation sites (tertiary alicyclic amines) is 1. The van der Waals surface area contributed by atoms with Gasteiger partial charge in [0.05, 0.1) is 12.3 Å². The van der Waals surface area contributed by atoms with Gasteiger partial charge < -0.3 is 15.0 Å². The third-order valence-corrected chi connectivity index (χ3v) is 4.10. The largest absolute Gasteiger partial charge is 0.450 e. The summed E-state index contributed by atoms with van der Waals surface area (Å²) in [6.45, 7) is 3.33. The van der Waals surface area contributed by atoms with Gasteiger partial charge in [-0.05, 0) is 54.5 Å². The fourth-order valence-corrected chi connectivity index (χ4v) is 2.74. The van der Waals surface area contributed by atoms with Crippen LogP contribution in [-0.2, 0) is 4.74 Å². The van der Waals surface area contributed by atoms with Crippen LogP contribution in [0.25, 0.3) is 5.69 Å². The number of aromatic nitrogens is 4. The molecule has 2 amide bonds. The highest BCUT2D eigenvalue weighted by Crippen LogP contribution is 2.13.